The molecular formula is C15H25BrN2. The van der Waals surface area contributed by atoms with Crippen molar-refractivity contribution in [1.29, 1.82) is 0 Å². The standard InChI is InChI=1S/C15H25BrN2/c1-5-6-9-18(4)15-8-7-13(10-14(15)16)11-17-12(2)3/h7-8,10,12,17H,5-6,9,11H2,1-4H3. The highest BCUT2D eigenvalue weighted by Crippen LogP contribution is 2.26. The zero-order valence-corrected chi connectivity index (χ0v) is 13.5. The number of hydrogen-bond donors (Lipinski definition) is 1. The molecule has 0 aromatic heterocycles. The maximum atomic E-state index is 3.68. The highest BCUT2D eigenvalue weighted by atomic mass is 79.9. The first-order valence-corrected chi connectivity index (χ1v) is 7.56. The van der Waals surface area contributed by atoms with Gasteiger partial charge in [0.1, 0.15) is 0 Å². The molecular weight excluding hydrogens is 288 g/mol. The molecule has 102 valence electrons. The summed E-state index contributed by atoms with van der Waals surface area (Å²) < 4.78 is 1.18. The largest absolute Gasteiger partial charge is 0.374 e. The topological polar surface area (TPSA) is 15.3 Å². The van der Waals surface area contributed by atoms with Crippen LogP contribution in [0.15, 0.2) is 22.7 Å². The molecule has 18 heavy (non-hydrogen) atoms. The van der Waals surface area contributed by atoms with Gasteiger partial charge in [-0.3, -0.25) is 0 Å². The van der Waals surface area contributed by atoms with Gasteiger partial charge in [0.25, 0.3) is 0 Å². The van der Waals surface area contributed by atoms with Gasteiger partial charge in [0.2, 0.25) is 0 Å². The van der Waals surface area contributed by atoms with Gasteiger partial charge in [-0.2, -0.15) is 0 Å². The van der Waals surface area contributed by atoms with Crippen LogP contribution in [0.1, 0.15) is 39.2 Å². The summed E-state index contributed by atoms with van der Waals surface area (Å²) in [6.07, 6.45) is 2.47. The fraction of sp³-hybridized carbons (Fsp3) is 0.600. The molecule has 0 bridgehead atoms. The molecule has 0 radical (unpaired) electrons. The SMILES string of the molecule is CCCCN(C)c1ccc(CNC(C)C)cc1Br. The molecule has 0 aliphatic rings. The third-order valence-corrected chi connectivity index (χ3v) is 3.62. The van der Waals surface area contributed by atoms with Crippen molar-refractivity contribution in [2.75, 3.05) is 18.5 Å². The molecule has 1 rings (SSSR count). The third kappa shape index (κ3) is 4.99. The average molecular weight is 313 g/mol. The molecule has 0 saturated carbocycles. The van der Waals surface area contributed by atoms with E-state index in [0.29, 0.717) is 6.04 Å². The van der Waals surface area contributed by atoms with E-state index in [2.05, 4.69) is 72.2 Å². The number of hydrogen-bond acceptors (Lipinski definition) is 2. The Bertz CT molecular complexity index is 364. The van der Waals surface area contributed by atoms with Crippen LogP contribution in [0.4, 0.5) is 5.69 Å². The molecule has 0 spiro atoms. The molecule has 0 atom stereocenters. The Morgan fingerprint density at radius 1 is 1.33 bits per heavy atom. The lowest BCUT2D eigenvalue weighted by Gasteiger charge is -2.21. The predicted molar refractivity (Wildman–Crippen MR) is 84.3 cm³/mol. The molecule has 0 aliphatic heterocycles. The van der Waals surface area contributed by atoms with E-state index in [9.17, 15) is 0 Å². The smallest absolute Gasteiger partial charge is 0.0508 e. The second-order valence-corrected chi connectivity index (χ2v) is 5.95. The van der Waals surface area contributed by atoms with E-state index < -0.39 is 0 Å². The Labute approximate surface area is 120 Å². The third-order valence-electron chi connectivity index (χ3n) is 2.98. The zero-order chi connectivity index (χ0) is 13.5. The minimum absolute atomic E-state index is 0.524. The molecule has 3 heteroatoms. The predicted octanol–water partition coefficient (Wildman–Crippen LogP) is 4.18. The summed E-state index contributed by atoms with van der Waals surface area (Å²) in [4.78, 5) is 2.31. The van der Waals surface area contributed by atoms with E-state index in [1.807, 2.05) is 0 Å². The summed E-state index contributed by atoms with van der Waals surface area (Å²) in [6, 6.07) is 7.15. The Hall–Kier alpha value is -0.540. The second-order valence-electron chi connectivity index (χ2n) is 5.10. The maximum absolute atomic E-state index is 3.68. The Morgan fingerprint density at radius 3 is 2.61 bits per heavy atom. The highest BCUT2D eigenvalue weighted by Gasteiger charge is 2.06. The van der Waals surface area contributed by atoms with Crippen LogP contribution in [0.25, 0.3) is 0 Å². The summed E-state index contributed by atoms with van der Waals surface area (Å²) in [5.74, 6) is 0. The fourth-order valence-electron chi connectivity index (χ4n) is 1.81. The molecule has 0 amide bonds. The van der Waals surface area contributed by atoms with Gasteiger partial charge < -0.3 is 10.2 Å². The van der Waals surface area contributed by atoms with Crippen molar-refractivity contribution in [3.8, 4) is 0 Å². The van der Waals surface area contributed by atoms with E-state index >= 15 is 0 Å². The van der Waals surface area contributed by atoms with E-state index in [4.69, 9.17) is 0 Å². The van der Waals surface area contributed by atoms with Gasteiger partial charge in [0.15, 0.2) is 0 Å². The van der Waals surface area contributed by atoms with Gasteiger partial charge in [-0.25, -0.2) is 0 Å². The van der Waals surface area contributed by atoms with Crippen LogP contribution < -0.4 is 10.2 Å². The highest BCUT2D eigenvalue weighted by molar-refractivity contribution is 9.10. The lowest BCUT2D eigenvalue weighted by Crippen LogP contribution is -2.22. The quantitative estimate of drug-likeness (QED) is 0.812. The molecule has 0 unspecified atom stereocenters. The van der Waals surface area contributed by atoms with Gasteiger partial charge in [-0.15, -0.1) is 0 Å². The Kier molecular flexibility index (Phi) is 6.72. The molecule has 0 aliphatic carbocycles. The maximum Gasteiger partial charge on any atom is 0.0508 e. The summed E-state index contributed by atoms with van der Waals surface area (Å²) in [6.45, 7) is 8.60. The van der Waals surface area contributed by atoms with Gasteiger partial charge in [0.05, 0.1) is 5.69 Å². The van der Waals surface area contributed by atoms with Crippen LogP contribution in [0.3, 0.4) is 0 Å². The lowest BCUT2D eigenvalue weighted by molar-refractivity contribution is 0.588. The summed E-state index contributed by atoms with van der Waals surface area (Å²) in [5, 5.41) is 3.44. The van der Waals surface area contributed by atoms with E-state index in [0.717, 1.165) is 13.1 Å². The summed E-state index contributed by atoms with van der Waals surface area (Å²) >= 11 is 3.68. The van der Waals surface area contributed by atoms with E-state index in [1.165, 1.54) is 28.6 Å². The van der Waals surface area contributed by atoms with Crippen LogP contribution in [0, 0.1) is 0 Å². The molecule has 1 aromatic carbocycles. The fourth-order valence-corrected chi connectivity index (χ4v) is 2.54. The van der Waals surface area contributed by atoms with Crippen LogP contribution in [0.5, 0.6) is 0 Å². The molecule has 0 fully saturated rings. The molecule has 0 heterocycles. The lowest BCUT2D eigenvalue weighted by atomic mass is 10.2. The van der Waals surface area contributed by atoms with E-state index in [1.54, 1.807) is 0 Å². The first kappa shape index (κ1) is 15.5. The van der Waals surface area contributed by atoms with Gasteiger partial charge in [-0.1, -0.05) is 33.3 Å². The number of benzene rings is 1. The number of nitrogens with one attached hydrogen (secondary N) is 1. The first-order chi connectivity index (χ1) is 8.54. The van der Waals surface area contributed by atoms with Crippen LogP contribution >= 0.6 is 15.9 Å². The van der Waals surface area contributed by atoms with Crippen molar-refractivity contribution in [2.45, 2.75) is 46.2 Å². The molecule has 2 nitrogen and oxygen atoms in total. The van der Waals surface area contributed by atoms with Gasteiger partial charge in [0, 0.05) is 30.7 Å². The van der Waals surface area contributed by atoms with Crippen molar-refractivity contribution in [2.24, 2.45) is 0 Å². The second kappa shape index (κ2) is 7.80. The number of anilines is 1. The first-order valence-electron chi connectivity index (χ1n) is 6.77. The number of unbranched alkanes of at least 4 members (excludes halogenated alkanes) is 1. The van der Waals surface area contributed by atoms with Crippen molar-refractivity contribution in [3.05, 3.63) is 28.2 Å². The van der Waals surface area contributed by atoms with Gasteiger partial charge >= 0.3 is 0 Å². The van der Waals surface area contributed by atoms with Crippen LogP contribution in [-0.4, -0.2) is 19.6 Å². The minimum atomic E-state index is 0.524. The van der Waals surface area contributed by atoms with Crippen LogP contribution in [0.2, 0.25) is 0 Å². The normalized spacial score (nSPS) is 11.0. The van der Waals surface area contributed by atoms with Crippen molar-refractivity contribution >= 4 is 21.6 Å². The van der Waals surface area contributed by atoms with Crippen LogP contribution in [-0.2, 0) is 6.54 Å². The molecule has 1 N–H and O–H groups in total. The summed E-state index contributed by atoms with van der Waals surface area (Å²) in [5.41, 5.74) is 2.60. The van der Waals surface area contributed by atoms with E-state index in [-0.39, 0.29) is 0 Å². The Balaban J connectivity index is 2.66. The monoisotopic (exact) mass is 312 g/mol. The number of nitrogens with zero attached hydrogens (tertiary/aromatic N) is 1. The van der Waals surface area contributed by atoms with Crippen molar-refractivity contribution in [1.82, 2.24) is 5.32 Å². The number of rotatable bonds is 7. The summed E-state index contributed by atoms with van der Waals surface area (Å²) in [7, 11) is 2.15. The molecule has 0 saturated heterocycles. The van der Waals surface area contributed by atoms with Crippen molar-refractivity contribution < 1.29 is 0 Å². The minimum Gasteiger partial charge on any atom is -0.374 e. The molecule has 1 aromatic rings. The Morgan fingerprint density at radius 2 is 2.06 bits per heavy atom. The average Bonchev–Trinajstić information content (AvgIpc) is 2.33. The van der Waals surface area contributed by atoms with Crippen molar-refractivity contribution in [3.63, 3.8) is 0 Å². The zero-order valence-electron chi connectivity index (χ0n) is 12.0. The van der Waals surface area contributed by atoms with Gasteiger partial charge in [-0.05, 0) is 40.0 Å². The number of halogens is 1.